The summed E-state index contributed by atoms with van der Waals surface area (Å²) in [6, 6.07) is 6.53. The zero-order valence-corrected chi connectivity index (χ0v) is 16.7. The Hall–Kier alpha value is -2.26. The van der Waals surface area contributed by atoms with Gasteiger partial charge in [0.2, 0.25) is 15.0 Å². The molecule has 1 aromatic carbocycles. The normalized spacial score (nSPS) is 11.7. The number of aromatic nitrogens is 3. The van der Waals surface area contributed by atoms with E-state index in [1.165, 1.54) is 4.57 Å². The van der Waals surface area contributed by atoms with Crippen LogP contribution in [0.3, 0.4) is 0 Å². The molecule has 0 bridgehead atoms. The summed E-state index contributed by atoms with van der Waals surface area (Å²) in [6.07, 6.45) is 0.680. The van der Waals surface area contributed by atoms with E-state index in [0.29, 0.717) is 36.6 Å². The highest BCUT2D eigenvalue weighted by molar-refractivity contribution is 7.90. The first kappa shape index (κ1) is 21.0. The van der Waals surface area contributed by atoms with Gasteiger partial charge in [-0.1, -0.05) is 32.9 Å². The Morgan fingerprint density at radius 1 is 1.30 bits per heavy atom. The van der Waals surface area contributed by atoms with Gasteiger partial charge < -0.3 is 10.4 Å². The molecule has 0 atom stereocenters. The number of hydrogen-bond acceptors (Lipinski definition) is 6. The van der Waals surface area contributed by atoms with Gasteiger partial charge in [-0.15, -0.1) is 10.2 Å². The third-order valence-corrected chi connectivity index (χ3v) is 5.45. The lowest BCUT2D eigenvalue weighted by Crippen LogP contribution is -2.27. The Bertz CT molecular complexity index is 891. The number of benzene rings is 1. The second-order valence-electron chi connectivity index (χ2n) is 6.77. The number of sulfone groups is 1. The third-order valence-electron chi connectivity index (χ3n) is 3.88. The van der Waals surface area contributed by atoms with Crippen molar-refractivity contribution in [1.29, 1.82) is 0 Å². The number of aliphatic hydroxyl groups excluding tert-OH is 1. The first-order valence-corrected chi connectivity index (χ1v) is 10.6. The number of carbonyl (C=O) groups is 1. The summed E-state index contributed by atoms with van der Waals surface area (Å²) < 4.78 is 27.1. The molecule has 0 saturated carbocycles. The van der Waals surface area contributed by atoms with Crippen LogP contribution in [0.2, 0.25) is 0 Å². The van der Waals surface area contributed by atoms with Crippen LogP contribution >= 0.6 is 0 Å². The van der Waals surface area contributed by atoms with Crippen LogP contribution in [0.4, 0.5) is 0 Å². The summed E-state index contributed by atoms with van der Waals surface area (Å²) in [5, 5.41) is 19.5. The summed E-state index contributed by atoms with van der Waals surface area (Å²) in [5.41, 5.74) is 0.901. The maximum absolute atomic E-state index is 12.8. The van der Waals surface area contributed by atoms with E-state index >= 15 is 0 Å². The van der Waals surface area contributed by atoms with Crippen molar-refractivity contribution in [3.63, 3.8) is 0 Å². The van der Waals surface area contributed by atoms with Crippen molar-refractivity contribution in [3.05, 3.63) is 41.2 Å². The Labute approximate surface area is 159 Å². The van der Waals surface area contributed by atoms with Crippen molar-refractivity contribution >= 4 is 15.7 Å². The van der Waals surface area contributed by atoms with Crippen molar-refractivity contribution in [2.75, 3.05) is 6.54 Å². The van der Waals surface area contributed by atoms with E-state index in [-0.39, 0.29) is 29.2 Å². The van der Waals surface area contributed by atoms with Gasteiger partial charge in [0.25, 0.3) is 5.91 Å². The van der Waals surface area contributed by atoms with E-state index in [9.17, 15) is 18.3 Å². The SMILES string of the molecule is CCCn1c(CO)nnc1S(=O)(=O)Cc1cccc(C(=O)NCC(C)C)c1. The van der Waals surface area contributed by atoms with E-state index < -0.39 is 9.84 Å². The van der Waals surface area contributed by atoms with Gasteiger partial charge in [0.1, 0.15) is 6.61 Å². The molecule has 0 fully saturated rings. The quantitative estimate of drug-likeness (QED) is 0.667. The molecule has 2 rings (SSSR count). The number of rotatable bonds is 9. The molecule has 0 aliphatic heterocycles. The van der Waals surface area contributed by atoms with E-state index in [4.69, 9.17) is 0 Å². The molecule has 1 amide bonds. The first-order chi connectivity index (χ1) is 12.8. The van der Waals surface area contributed by atoms with E-state index in [2.05, 4.69) is 15.5 Å². The van der Waals surface area contributed by atoms with Crippen molar-refractivity contribution < 1.29 is 18.3 Å². The van der Waals surface area contributed by atoms with Crippen LogP contribution in [0.25, 0.3) is 0 Å². The van der Waals surface area contributed by atoms with Crippen LogP contribution in [-0.4, -0.2) is 40.7 Å². The average molecular weight is 394 g/mol. The van der Waals surface area contributed by atoms with E-state index in [0.717, 1.165) is 0 Å². The van der Waals surface area contributed by atoms with Gasteiger partial charge in [-0.3, -0.25) is 9.36 Å². The molecule has 0 aliphatic carbocycles. The molecular formula is C18H26N4O4S. The fraction of sp³-hybridized carbons (Fsp3) is 0.500. The molecule has 0 aliphatic rings. The molecule has 1 heterocycles. The van der Waals surface area contributed by atoms with E-state index in [1.54, 1.807) is 24.3 Å². The number of nitrogens with one attached hydrogen (secondary N) is 1. The zero-order valence-electron chi connectivity index (χ0n) is 15.8. The monoisotopic (exact) mass is 394 g/mol. The lowest BCUT2D eigenvalue weighted by atomic mass is 10.1. The summed E-state index contributed by atoms with van der Waals surface area (Å²) in [5.74, 6) is 0.00559. The second-order valence-corrected chi connectivity index (χ2v) is 8.66. The third kappa shape index (κ3) is 5.36. The molecule has 27 heavy (non-hydrogen) atoms. The van der Waals surface area contributed by atoms with Crippen molar-refractivity contribution in [2.45, 2.75) is 51.3 Å². The van der Waals surface area contributed by atoms with Crippen LogP contribution in [-0.2, 0) is 28.7 Å². The predicted molar refractivity (Wildman–Crippen MR) is 101 cm³/mol. The molecule has 1 aromatic heterocycles. The van der Waals surface area contributed by atoms with Crippen molar-refractivity contribution in [2.24, 2.45) is 5.92 Å². The topological polar surface area (TPSA) is 114 Å². The van der Waals surface area contributed by atoms with Gasteiger partial charge in [0.15, 0.2) is 5.82 Å². The summed E-state index contributed by atoms with van der Waals surface area (Å²) in [7, 11) is -3.78. The molecule has 0 unspecified atom stereocenters. The maximum Gasteiger partial charge on any atom is 0.251 e. The van der Waals surface area contributed by atoms with Gasteiger partial charge in [0.05, 0.1) is 5.75 Å². The largest absolute Gasteiger partial charge is 0.388 e. The minimum atomic E-state index is -3.78. The summed E-state index contributed by atoms with van der Waals surface area (Å²) in [4.78, 5) is 12.2. The highest BCUT2D eigenvalue weighted by Gasteiger charge is 2.25. The number of nitrogens with zero attached hydrogens (tertiary/aromatic N) is 3. The van der Waals surface area contributed by atoms with Crippen molar-refractivity contribution in [1.82, 2.24) is 20.1 Å². The molecule has 8 nitrogen and oxygen atoms in total. The number of hydrogen-bond donors (Lipinski definition) is 2. The van der Waals surface area contributed by atoms with E-state index in [1.807, 2.05) is 20.8 Å². The molecule has 2 N–H and O–H groups in total. The molecule has 9 heteroatoms. The van der Waals surface area contributed by atoms with Gasteiger partial charge >= 0.3 is 0 Å². The van der Waals surface area contributed by atoms with Gasteiger partial charge in [-0.05, 0) is 30.0 Å². The van der Waals surface area contributed by atoms with Crippen LogP contribution in [0.15, 0.2) is 29.4 Å². The van der Waals surface area contributed by atoms with Gasteiger partial charge in [0, 0.05) is 18.7 Å². The maximum atomic E-state index is 12.8. The average Bonchev–Trinajstić information content (AvgIpc) is 3.03. The Morgan fingerprint density at radius 2 is 2.04 bits per heavy atom. The summed E-state index contributed by atoms with van der Waals surface area (Å²) in [6.45, 7) is 6.46. The standard InChI is InChI=1S/C18H26N4O4S/c1-4-8-22-16(11-23)20-21-18(22)27(25,26)12-14-6-5-7-15(9-14)17(24)19-10-13(2)3/h5-7,9,13,23H,4,8,10-12H2,1-3H3,(H,19,24). The fourth-order valence-corrected chi connectivity index (χ4v) is 4.04. The van der Waals surface area contributed by atoms with Gasteiger partial charge in [-0.2, -0.15) is 0 Å². The molecule has 0 radical (unpaired) electrons. The van der Waals surface area contributed by atoms with Crippen LogP contribution in [0.1, 0.15) is 48.9 Å². The Kier molecular flexibility index (Phi) is 7.09. The molecule has 2 aromatic rings. The lowest BCUT2D eigenvalue weighted by Gasteiger charge is -2.10. The molecule has 0 saturated heterocycles. The number of aliphatic hydroxyl groups is 1. The second kappa shape index (κ2) is 9.09. The molecule has 0 spiro atoms. The van der Waals surface area contributed by atoms with Crippen molar-refractivity contribution in [3.8, 4) is 0 Å². The molecular weight excluding hydrogens is 368 g/mol. The minimum absolute atomic E-state index is 0.164. The fourth-order valence-electron chi connectivity index (χ4n) is 2.60. The summed E-state index contributed by atoms with van der Waals surface area (Å²) >= 11 is 0. The smallest absolute Gasteiger partial charge is 0.251 e. The van der Waals surface area contributed by atoms with Crippen LogP contribution < -0.4 is 5.32 Å². The highest BCUT2D eigenvalue weighted by atomic mass is 32.2. The van der Waals surface area contributed by atoms with Crippen LogP contribution in [0.5, 0.6) is 0 Å². The van der Waals surface area contributed by atoms with Crippen LogP contribution in [0, 0.1) is 5.92 Å². The lowest BCUT2D eigenvalue weighted by molar-refractivity contribution is 0.0949. The molecule has 148 valence electrons. The predicted octanol–water partition coefficient (Wildman–Crippen LogP) is 1.54. The minimum Gasteiger partial charge on any atom is -0.388 e. The number of amides is 1. The Morgan fingerprint density at radius 3 is 2.67 bits per heavy atom. The first-order valence-electron chi connectivity index (χ1n) is 8.91. The van der Waals surface area contributed by atoms with Gasteiger partial charge in [-0.25, -0.2) is 8.42 Å². The number of carbonyl (C=O) groups excluding carboxylic acids is 1. The highest BCUT2D eigenvalue weighted by Crippen LogP contribution is 2.18. The Balaban J connectivity index is 2.25. The zero-order chi connectivity index (χ0) is 20.0.